The highest BCUT2D eigenvalue weighted by molar-refractivity contribution is 6.76. The van der Waals surface area contributed by atoms with Gasteiger partial charge in [-0.25, -0.2) is 9.97 Å². The van der Waals surface area contributed by atoms with Gasteiger partial charge < -0.3 is 9.30 Å². The molecule has 0 saturated heterocycles. The number of ketones is 1. The first kappa shape index (κ1) is 16.6. The minimum absolute atomic E-state index is 0.137. The SMILES string of the molecule is C[Si](C)(C)CCOCn1cc(C(=O)C2CC2)c2c(Cl)ncnc21. The molecule has 23 heavy (non-hydrogen) atoms. The Morgan fingerprint density at radius 2 is 2.13 bits per heavy atom. The Balaban J connectivity index is 1.83. The molecule has 3 rings (SSSR count). The lowest BCUT2D eigenvalue weighted by molar-refractivity contribution is 0.0893. The summed E-state index contributed by atoms with van der Waals surface area (Å²) in [5, 5.41) is 0.986. The molecular weight excluding hydrogens is 330 g/mol. The third kappa shape index (κ3) is 3.81. The standard InChI is InChI=1S/C16H22ClN3O2Si/c1-23(2,3)7-6-22-10-20-8-12(14(21)11-4-5-11)13-15(17)18-9-19-16(13)20/h8-9,11H,4-7,10H2,1-3H3. The van der Waals surface area contributed by atoms with Crippen LogP contribution >= 0.6 is 11.6 Å². The van der Waals surface area contributed by atoms with Crippen molar-refractivity contribution in [3.8, 4) is 0 Å². The van der Waals surface area contributed by atoms with E-state index in [1.54, 1.807) is 0 Å². The van der Waals surface area contributed by atoms with Gasteiger partial charge in [-0.3, -0.25) is 4.79 Å². The van der Waals surface area contributed by atoms with E-state index in [9.17, 15) is 4.79 Å². The average molecular weight is 352 g/mol. The Morgan fingerprint density at radius 1 is 1.39 bits per heavy atom. The summed E-state index contributed by atoms with van der Waals surface area (Å²) >= 11 is 6.21. The van der Waals surface area contributed by atoms with E-state index in [4.69, 9.17) is 16.3 Å². The second kappa shape index (κ2) is 6.34. The van der Waals surface area contributed by atoms with Crippen molar-refractivity contribution in [1.29, 1.82) is 0 Å². The van der Waals surface area contributed by atoms with Gasteiger partial charge in [0.15, 0.2) is 5.78 Å². The van der Waals surface area contributed by atoms with Crippen molar-refractivity contribution >= 4 is 36.5 Å². The summed E-state index contributed by atoms with van der Waals surface area (Å²) in [4.78, 5) is 20.8. The van der Waals surface area contributed by atoms with Crippen LogP contribution in [0.15, 0.2) is 12.5 Å². The van der Waals surface area contributed by atoms with Gasteiger partial charge in [0, 0.05) is 32.4 Å². The van der Waals surface area contributed by atoms with E-state index in [0.717, 1.165) is 25.5 Å². The van der Waals surface area contributed by atoms with Crippen molar-refractivity contribution in [2.24, 2.45) is 5.92 Å². The molecule has 2 aromatic heterocycles. The number of hydrogen-bond donors (Lipinski definition) is 0. The largest absolute Gasteiger partial charge is 0.361 e. The minimum Gasteiger partial charge on any atom is -0.361 e. The van der Waals surface area contributed by atoms with Crippen LogP contribution in [0.25, 0.3) is 11.0 Å². The van der Waals surface area contributed by atoms with Crippen molar-refractivity contribution in [2.75, 3.05) is 6.61 Å². The van der Waals surface area contributed by atoms with E-state index < -0.39 is 8.07 Å². The van der Waals surface area contributed by atoms with E-state index in [1.165, 1.54) is 6.33 Å². The number of Topliss-reactive ketones (excluding diaryl/α,β-unsaturated/α-hetero) is 1. The molecule has 2 heterocycles. The lowest BCUT2D eigenvalue weighted by Gasteiger charge is -2.15. The summed E-state index contributed by atoms with van der Waals surface area (Å²) in [5.41, 5.74) is 1.30. The molecule has 1 fully saturated rings. The van der Waals surface area contributed by atoms with E-state index in [0.29, 0.717) is 28.5 Å². The summed E-state index contributed by atoms with van der Waals surface area (Å²) < 4.78 is 7.66. The molecule has 0 atom stereocenters. The van der Waals surface area contributed by atoms with Crippen LogP contribution in [0.5, 0.6) is 0 Å². The van der Waals surface area contributed by atoms with Crippen LogP contribution < -0.4 is 0 Å². The summed E-state index contributed by atoms with van der Waals surface area (Å²) in [6.45, 7) is 8.06. The van der Waals surface area contributed by atoms with Crippen LogP contribution in [0.1, 0.15) is 23.2 Å². The van der Waals surface area contributed by atoms with Crippen molar-refractivity contribution in [1.82, 2.24) is 14.5 Å². The maximum atomic E-state index is 12.5. The minimum atomic E-state index is -1.11. The van der Waals surface area contributed by atoms with Crippen molar-refractivity contribution in [2.45, 2.75) is 45.3 Å². The molecule has 0 unspecified atom stereocenters. The Hall–Kier alpha value is -1.24. The van der Waals surface area contributed by atoms with Crippen LogP contribution in [-0.4, -0.2) is 35.0 Å². The third-order valence-electron chi connectivity index (χ3n) is 4.05. The molecule has 7 heteroatoms. The second-order valence-corrected chi connectivity index (χ2v) is 13.3. The smallest absolute Gasteiger partial charge is 0.168 e. The monoisotopic (exact) mass is 351 g/mol. The van der Waals surface area contributed by atoms with Gasteiger partial charge in [-0.2, -0.15) is 0 Å². The summed E-state index contributed by atoms with van der Waals surface area (Å²) in [5.74, 6) is 0.283. The zero-order chi connectivity index (χ0) is 16.6. The van der Waals surface area contributed by atoms with Gasteiger partial charge in [-0.1, -0.05) is 31.2 Å². The molecule has 0 radical (unpaired) electrons. The average Bonchev–Trinajstić information content (AvgIpc) is 3.25. The summed E-state index contributed by atoms with van der Waals surface area (Å²) in [6.07, 6.45) is 5.17. The fraction of sp³-hybridized carbons (Fsp3) is 0.562. The lowest BCUT2D eigenvalue weighted by atomic mass is 10.1. The van der Waals surface area contributed by atoms with Crippen LogP contribution in [0.2, 0.25) is 30.8 Å². The number of nitrogens with zero attached hydrogens (tertiary/aromatic N) is 3. The van der Waals surface area contributed by atoms with Crippen LogP contribution in [0, 0.1) is 5.92 Å². The van der Waals surface area contributed by atoms with Crippen LogP contribution in [-0.2, 0) is 11.5 Å². The quantitative estimate of drug-likeness (QED) is 0.327. The first-order valence-electron chi connectivity index (χ1n) is 7.98. The molecule has 0 spiro atoms. The number of hydrogen-bond acceptors (Lipinski definition) is 4. The van der Waals surface area contributed by atoms with Gasteiger partial charge >= 0.3 is 0 Å². The molecule has 1 saturated carbocycles. The molecule has 1 aliphatic carbocycles. The normalized spacial score (nSPS) is 15.3. The highest BCUT2D eigenvalue weighted by atomic mass is 35.5. The number of rotatable bonds is 7. The maximum Gasteiger partial charge on any atom is 0.168 e. The fourth-order valence-electron chi connectivity index (χ4n) is 2.48. The van der Waals surface area contributed by atoms with E-state index in [1.807, 2.05) is 10.8 Å². The predicted octanol–water partition coefficient (Wildman–Crippen LogP) is 3.99. The van der Waals surface area contributed by atoms with Gasteiger partial charge in [0.2, 0.25) is 0 Å². The molecular formula is C16H22ClN3O2Si. The van der Waals surface area contributed by atoms with E-state index >= 15 is 0 Å². The topological polar surface area (TPSA) is 57.0 Å². The van der Waals surface area contributed by atoms with Gasteiger partial charge in [0.25, 0.3) is 0 Å². The first-order chi connectivity index (χ1) is 10.9. The van der Waals surface area contributed by atoms with Gasteiger partial charge in [0.1, 0.15) is 23.9 Å². The Labute approximate surface area is 142 Å². The molecule has 0 N–H and O–H groups in total. The molecule has 0 aromatic carbocycles. The molecule has 0 aliphatic heterocycles. The number of aromatic nitrogens is 3. The Kier molecular flexibility index (Phi) is 4.58. The Bertz CT molecular complexity index is 735. The van der Waals surface area contributed by atoms with Crippen molar-refractivity contribution in [3.63, 3.8) is 0 Å². The van der Waals surface area contributed by atoms with Crippen LogP contribution in [0.4, 0.5) is 0 Å². The maximum absolute atomic E-state index is 12.5. The van der Waals surface area contributed by atoms with Gasteiger partial charge in [-0.05, 0) is 18.9 Å². The fourth-order valence-corrected chi connectivity index (χ4v) is 3.47. The highest BCUT2D eigenvalue weighted by Crippen LogP contribution is 2.36. The number of ether oxygens (including phenoxy) is 1. The molecule has 1 aliphatic rings. The molecule has 0 bridgehead atoms. The van der Waals surface area contributed by atoms with E-state index in [-0.39, 0.29) is 11.7 Å². The van der Waals surface area contributed by atoms with Gasteiger partial charge in [0.05, 0.1) is 5.39 Å². The van der Waals surface area contributed by atoms with Crippen molar-refractivity contribution < 1.29 is 9.53 Å². The molecule has 5 nitrogen and oxygen atoms in total. The predicted molar refractivity (Wildman–Crippen MR) is 93.7 cm³/mol. The highest BCUT2D eigenvalue weighted by Gasteiger charge is 2.33. The summed E-state index contributed by atoms with van der Waals surface area (Å²) in [6, 6.07) is 1.11. The number of halogens is 1. The van der Waals surface area contributed by atoms with Gasteiger partial charge in [-0.15, -0.1) is 0 Å². The number of fused-ring (bicyclic) bond motifs is 1. The second-order valence-electron chi connectivity index (χ2n) is 7.36. The van der Waals surface area contributed by atoms with Crippen LogP contribution in [0.3, 0.4) is 0 Å². The first-order valence-corrected chi connectivity index (χ1v) is 12.1. The molecule has 2 aromatic rings. The van der Waals surface area contributed by atoms with E-state index in [2.05, 4.69) is 29.6 Å². The van der Waals surface area contributed by atoms with Crippen molar-refractivity contribution in [3.05, 3.63) is 23.2 Å². The number of carbonyl (C=O) groups excluding carboxylic acids is 1. The zero-order valence-corrected chi connectivity index (χ0v) is 15.6. The molecule has 0 amide bonds. The lowest BCUT2D eigenvalue weighted by Crippen LogP contribution is -2.22. The number of carbonyl (C=O) groups is 1. The molecule has 124 valence electrons. The summed E-state index contributed by atoms with van der Waals surface area (Å²) in [7, 11) is -1.11. The zero-order valence-electron chi connectivity index (χ0n) is 13.8. The third-order valence-corrected chi connectivity index (χ3v) is 6.04. The Morgan fingerprint density at radius 3 is 2.78 bits per heavy atom.